The van der Waals surface area contributed by atoms with Gasteiger partial charge in [-0.15, -0.1) is 0 Å². The first-order chi connectivity index (χ1) is 35.1. The normalized spacial score (nSPS) is 20.5. The predicted octanol–water partition coefficient (Wildman–Crippen LogP) is 9.42. The van der Waals surface area contributed by atoms with Crippen molar-refractivity contribution in [2.45, 2.75) is 148 Å². The molecule has 1 saturated heterocycles. The van der Waals surface area contributed by atoms with Crippen LogP contribution in [0.2, 0.25) is 5.02 Å². The van der Waals surface area contributed by atoms with Gasteiger partial charge in [0.25, 0.3) is 11.8 Å². The van der Waals surface area contributed by atoms with Crippen molar-refractivity contribution < 1.29 is 28.6 Å². The van der Waals surface area contributed by atoms with Crippen molar-refractivity contribution in [1.82, 2.24) is 30.6 Å². The van der Waals surface area contributed by atoms with Gasteiger partial charge in [0.2, 0.25) is 17.8 Å². The maximum absolute atomic E-state index is 13.4. The number of hydrogen-bond acceptors (Lipinski definition) is 14. The van der Waals surface area contributed by atoms with Crippen molar-refractivity contribution in [1.29, 1.82) is 5.26 Å². The molecule has 0 spiro atoms. The molecule has 2 aromatic carbocycles. The number of carbonyl (C=O) groups excluding carboxylic acids is 3. The van der Waals surface area contributed by atoms with E-state index in [0.717, 1.165) is 103 Å². The Kier molecular flexibility index (Phi) is 16.9. The van der Waals surface area contributed by atoms with Crippen molar-refractivity contribution in [3.8, 4) is 17.6 Å². The number of ether oxygens (including phenoxy) is 3. The third-order valence-electron chi connectivity index (χ3n) is 15.4. The lowest BCUT2D eigenvalue weighted by molar-refractivity contribution is -0.164. The second-order valence-electron chi connectivity index (χ2n) is 21.1. The summed E-state index contributed by atoms with van der Waals surface area (Å²) in [7, 11) is 3.37. The fourth-order valence-electron chi connectivity index (χ4n) is 11.6. The number of nitrogens with one attached hydrogen (secondary N) is 3. The fraction of sp³-hybridized carbons (Fsp3) is 0.564. The van der Waals surface area contributed by atoms with Gasteiger partial charge in [0.1, 0.15) is 35.4 Å². The van der Waals surface area contributed by atoms with Crippen molar-refractivity contribution in [3.63, 3.8) is 0 Å². The number of amides is 3. The zero-order valence-electron chi connectivity index (χ0n) is 43.5. The summed E-state index contributed by atoms with van der Waals surface area (Å²) in [6.07, 6.45) is 18.0. The van der Waals surface area contributed by atoms with Gasteiger partial charge in [-0.05, 0) is 75.3 Å². The standard InChI is InChI=1S/C55H72ClN11O6/c1-8-43-49(70)65(6)44-34-59-52(63-46(44)67(43)38-17-13-14-18-38)62-42-22-20-35(29-45(42)71-7)47(68)58-25-15-11-9-10-12-16-28-72-39-23-26-66(27-24-39)53-60-32-37(33-61-53)48(69)64-50-54(2,3)51(55(50,4)5)73-40-21-19-36(31-57)41(56)30-40/h19-22,29-30,32-34,38-39,43,50-51H,8-18,23-28H2,1-7H3,(H,58,68)(H,64,69)(H,59,62,63)/t43-,50?,51?/m1/s1. The molecule has 0 bridgehead atoms. The van der Waals surface area contributed by atoms with Crippen LogP contribution in [0.15, 0.2) is 55.0 Å². The van der Waals surface area contributed by atoms with E-state index in [4.69, 9.17) is 30.8 Å². The number of rotatable bonds is 21. The molecule has 2 aromatic heterocycles. The molecule has 3 fully saturated rings. The van der Waals surface area contributed by atoms with Crippen LogP contribution in [-0.4, -0.2) is 108 Å². The van der Waals surface area contributed by atoms with Crippen LogP contribution in [0.5, 0.6) is 11.5 Å². The van der Waals surface area contributed by atoms with Crippen LogP contribution in [0, 0.1) is 22.2 Å². The predicted molar refractivity (Wildman–Crippen MR) is 283 cm³/mol. The summed E-state index contributed by atoms with van der Waals surface area (Å²) < 4.78 is 18.3. The van der Waals surface area contributed by atoms with Gasteiger partial charge in [-0.25, -0.2) is 15.0 Å². The maximum atomic E-state index is 13.4. The van der Waals surface area contributed by atoms with Crippen molar-refractivity contribution in [3.05, 3.63) is 76.7 Å². The lowest BCUT2D eigenvalue weighted by atomic mass is 9.49. The zero-order valence-corrected chi connectivity index (χ0v) is 44.3. The number of hydrogen-bond donors (Lipinski definition) is 3. The van der Waals surface area contributed by atoms with E-state index in [2.05, 4.69) is 74.5 Å². The SMILES string of the molecule is CC[C@@H]1C(=O)N(C)c2cnc(Nc3ccc(C(=O)NCCCCCCCCOC4CCN(c5ncc(C(=O)NC6C(C)(C)C(Oc7ccc(C#N)c(Cl)c7)C6(C)C)cn5)CC4)cc3OC)nc2N1C1CCCC1. The molecule has 0 radical (unpaired) electrons. The molecule has 2 aliphatic heterocycles. The quantitative estimate of drug-likeness (QED) is 0.0667. The Morgan fingerprint density at radius 2 is 1.58 bits per heavy atom. The number of aromatic nitrogens is 4. The summed E-state index contributed by atoms with van der Waals surface area (Å²) >= 11 is 6.25. The van der Waals surface area contributed by atoms with Gasteiger partial charge in [0.05, 0.1) is 41.2 Å². The molecule has 18 heteroatoms. The Morgan fingerprint density at radius 1 is 0.877 bits per heavy atom. The number of nitrogens with zero attached hydrogens (tertiary/aromatic N) is 8. The van der Waals surface area contributed by atoms with Crippen LogP contribution >= 0.6 is 11.6 Å². The molecule has 3 N–H and O–H groups in total. The van der Waals surface area contributed by atoms with Crippen LogP contribution < -0.4 is 40.1 Å². The smallest absolute Gasteiger partial charge is 0.254 e. The first kappa shape index (κ1) is 53.1. The number of benzene rings is 2. The molecule has 8 rings (SSSR count). The lowest BCUT2D eigenvalue weighted by Gasteiger charge is -2.63. The second kappa shape index (κ2) is 23.3. The van der Waals surface area contributed by atoms with Gasteiger partial charge in [-0.1, -0.05) is 84.7 Å². The molecule has 2 saturated carbocycles. The highest BCUT2D eigenvalue weighted by molar-refractivity contribution is 6.31. The number of halogens is 1. The molecule has 1 atom stereocenters. The van der Waals surface area contributed by atoms with Gasteiger partial charge in [0.15, 0.2) is 5.82 Å². The molecule has 4 heterocycles. The van der Waals surface area contributed by atoms with E-state index >= 15 is 0 Å². The number of fused-ring (bicyclic) bond motifs is 1. The molecule has 17 nitrogen and oxygen atoms in total. The number of unbranched alkanes of at least 4 members (excludes halogenated alkanes) is 5. The van der Waals surface area contributed by atoms with Gasteiger partial charge < -0.3 is 44.9 Å². The van der Waals surface area contributed by atoms with E-state index in [1.165, 1.54) is 0 Å². The van der Waals surface area contributed by atoms with Crippen LogP contribution in [0.25, 0.3) is 0 Å². The highest BCUT2D eigenvalue weighted by atomic mass is 35.5. The largest absolute Gasteiger partial charge is 0.495 e. The summed E-state index contributed by atoms with van der Waals surface area (Å²) in [5, 5.41) is 19.1. The maximum Gasteiger partial charge on any atom is 0.254 e. The molecule has 0 unspecified atom stereocenters. The number of likely N-dealkylation sites (N-methyl/N-ethyl adjacent to an activating group) is 1. The Hall–Kier alpha value is -6.25. The van der Waals surface area contributed by atoms with Crippen LogP contribution in [0.3, 0.4) is 0 Å². The number of piperidine rings is 1. The van der Waals surface area contributed by atoms with Crippen LogP contribution in [-0.2, 0) is 9.53 Å². The molecular formula is C55H72ClN11O6. The van der Waals surface area contributed by atoms with E-state index in [9.17, 15) is 19.6 Å². The first-order valence-corrected chi connectivity index (χ1v) is 26.5. The van der Waals surface area contributed by atoms with Gasteiger partial charge >= 0.3 is 0 Å². The van der Waals surface area contributed by atoms with E-state index in [1.54, 1.807) is 68.0 Å². The monoisotopic (exact) mass is 1020 g/mol. The van der Waals surface area contributed by atoms with E-state index in [-0.39, 0.29) is 58.9 Å². The van der Waals surface area contributed by atoms with Gasteiger partial charge in [-0.2, -0.15) is 10.2 Å². The third kappa shape index (κ3) is 11.8. The first-order valence-electron chi connectivity index (χ1n) is 26.2. The van der Waals surface area contributed by atoms with E-state index < -0.39 is 0 Å². The van der Waals surface area contributed by atoms with Crippen molar-refractivity contribution in [2.75, 3.05) is 60.4 Å². The number of carbonyl (C=O) groups is 3. The Morgan fingerprint density at radius 3 is 2.25 bits per heavy atom. The van der Waals surface area contributed by atoms with Crippen LogP contribution in [0.1, 0.15) is 144 Å². The summed E-state index contributed by atoms with van der Waals surface area (Å²) in [6.45, 7) is 13.2. The summed E-state index contributed by atoms with van der Waals surface area (Å²) in [5.74, 6) is 2.56. The number of anilines is 5. The average Bonchev–Trinajstić information content (AvgIpc) is 3.93. The highest BCUT2D eigenvalue weighted by Gasteiger charge is 2.64. The summed E-state index contributed by atoms with van der Waals surface area (Å²) in [5.41, 5.74) is 1.89. The van der Waals surface area contributed by atoms with Crippen molar-refractivity contribution in [2.24, 2.45) is 10.8 Å². The van der Waals surface area contributed by atoms with Crippen LogP contribution in [0.4, 0.5) is 29.1 Å². The topological polar surface area (TPSA) is 200 Å². The van der Waals surface area contributed by atoms with Gasteiger partial charge in [-0.3, -0.25) is 14.4 Å². The third-order valence-corrected chi connectivity index (χ3v) is 15.7. The molecule has 4 aliphatic rings. The molecule has 4 aromatic rings. The summed E-state index contributed by atoms with van der Waals surface area (Å²) in [4.78, 5) is 64.5. The Labute approximate surface area is 435 Å². The van der Waals surface area contributed by atoms with E-state index in [0.29, 0.717) is 69.4 Å². The minimum Gasteiger partial charge on any atom is -0.495 e. The van der Waals surface area contributed by atoms with E-state index in [1.807, 2.05) is 13.0 Å². The highest BCUT2D eigenvalue weighted by Crippen LogP contribution is 2.55. The van der Waals surface area contributed by atoms with Gasteiger partial charge in [0, 0.05) is 80.2 Å². The molecule has 73 heavy (non-hydrogen) atoms. The Balaban J connectivity index is 0.688. The molecule has 2 aliphatic carbocycles. The average molecular weight is 1020 g/mol. The molecule has 3 amide bonds. The zero-order chi connectivity index (χ0) is 51.9. The number of nitriles is 1. The minimum absolute atomic E-state index is 0.0730. The molecule has 390 valence electrons. The lowest BCUT2D eigenvalue weighted by Crippen LogP contribution is -2.74. The summed E-state index contributed by atoms with van der Waals surface area (Å²) in [6, 6.07) is 12.3. The molecular weight excluding hydrogens is 946 g/mol. The number of methoxy groups -OCH3 is 1. The van der Waals surface area contributed by atoms with Crippen molar-refractivity contribution >= 4 is 58.4 Å². The minimum atomic E-state index is -0.384. The fourth-order valence-corrected chi connectivity index (χ4v) is 11.8. The second-order valence-corrected chi connectivity index (χ2v) is 21.5. The Bertz CT molecular complexity index is 2610.